The minimum absolute atomic E-state index is 0.659. The number of aryl methyl sites for hydroxylation is 1. The number of terminal acetylenes is 1. The Kier molecular flexibility index (Phi) is 3.51. The summed E-state index contributed by atoms with van der Waals surface area (Å²) in [6.45, 7) is 4.74. The Hall–Kier alpha value is -1.72. The van der Waals surface area contributed by atoms with Gasteiger partial charge < -0.3 is 4.74 Å². The molecule has 0 N–H and O–H groups in total. The summed E-state index contributed by atoms with van der Waals surface area (Å²) < 4.78 is 5.64. The molecular formula is C15H14OS. The Morgan fingerprint density at radius 1 is 1.29 bits per heavy atom. The number of rotatable bonds is 3. The Labute approximate surface area is 106 Å². The van der Waals surface area contributed by atoms with E-state index in [0.717, 1.165) is 16.9 Å². The molecule has 2 rings (SSSR count). The first kappa shape index (κ1) is 11.8. The second-order valence-electron chi connectivity index (χ2n) is 3.70. The average Bonchev–Trinajstić information content (AvgIpc) is 2.77. The number of hydrogen-bond donors (Lipinski definition) is 0. The largest absolute Gasteiger partial charge is 0.493 e. The monoisotopic (exact) mass is 242 g/mol. The molecular weight excluding hydrogens is 228 g/mol. The van der Waals surface area contributed by atoms with Gasteiger partial charge in [0.05, 0.1) is 6.61 Å². The number of hydrogen-bond acceptors (Lipinski definition) is 2. The van der Waals surface area contributed by atoms with Crippen LogP contribution in [0.2, 0.25) is 0 Å². The molecule has 0 radical (unpaired) electrons. The molecule has 1 aromatic carbocycles. The van der Waals surface area contributed by atoms with Crippen molar-refractivity contribution < 1.29 is 4.74 Å². The number of thiophene rings is 1. The highest BCUT2D eigenvalue weighted by Gasteiger charge is 2.08. The summed E-state index contributed by atoms with van der Waals surface area (Å²) in [5.41, 5.74) is 1.97. The van der Waals surface area contributed by atoms with Crippen LogP contribution in [0.3, 0.4) is 0 Å². The van der Waals surface area contributed by atoms with E-state index >= 15 is 0 Å². The highest BCUT2D eigenvalue weighted by atomic mass is 32.1. The molecule has 0 unspecified atom stereocenters. The van der Waals surface area contributed by atoms with Gasteiger partial charge >= 0.3 is 0 Å². The molecule has 2 heteroatoms. The molecule has 0 atom stereocenters. The molecule has 0 aliphatic heterocycles. The molecule has 0 aliphatic rings. The third-order valence-corrected chi connectivity index (χ3v) is 3.49. The van der Waals surface area contributed by atoms with E-state index < -0.39 is 0 Å². The zero-order valence-electron chi connectivity index (χ0n) is 9.99. The predicted octanol–water partition coefficient (Wildman–Crippen LogP) is 4.10. The van der Waals surface area contributed by atoms with Crippen molar-refractivity contribution >= 4 is 11.3 Å². The summed E-state index contributed by atoms with van der Waals surface area (Å²) in [6.07, 6.45) is 5.44. The average molecular weight is 242 g/mol. The van der Waals surface area contributed by atoms with Gasteiger partial charge in [0.15, 0.2) is 0 Å². The van der Waals surface area contributed by atoms with Crippen LogP contribution in [0.4, 0.5) is 0 Å². The van der Waals surface area contributed by atoms with Crippen molar-refractivity contribution in [1.29, 1.82) is 0 Å². The van der Waals surface area contributed by atoms with Gasteiger partial charge in [0.1, 0.15) is 5.75 Å². The summed E-state index contributed by atoms with van der Waals surface area (Å²) in [5, 5.41) is 0. The van der Waals surface area contributed by atoms with E-state index in [9.17, 15) is 0 Å². The van der Waals surface area contributed by atoms with Crippen molar-refractivity contribution in [3.05, 3.63) is 40.8 Å². The van der Waals surface area contributed by atoms with Crippen molar-refractivity contribution in [2.75, 3.05) is 6.61 Å². The van der Waals surface area contributed by atoms with Crippen LogP contribution in [0.25, 0.3) is 10.4 Å². The molecule has 1 heterocycles. The van der Waals surface area contributed by atoms with Gasteiger partial charge in [0, 0.05) is 20.9 Å². The van der Waals surface area contributed by atoms with Crippen LogP contribution in [-0.2, 0) is 0 Å². The normalized spacial score (nSPS) is 9.94. The van der Waals surface area contributed by atoms with Gasteiger partial charge in [-0.25, -0.2) is 0 Å². The molecule has 0 saturated carbocycles. The summed E-state index contributed by atoms with van der Waals surface area (Å²) in [4.78, 5) is 2.48. The molecule has 2 aromatic rings. The van der Waals surface area contributed by atoms with Crippen LogP contribution in [0.15, 0.2) is 30.3 Å². The Balaban J connectivity index is 2.52. The zero-order chi connectivity index (χ0) is 12.3. The van der Waals surface area contributed by atoms with E-state index in [-0.39, 0.29) is 0 Å². The van der Waals surface area contributed by atoms with Crippen LogP contribution < -0.4 is 4.74 Å². The first-order chi connectivity index (χ1) is 8.24. The standard InChI is InChI=1S/C15H14OS/c1-4-12-7-8-14(16-5-2)13(10-12)15-9-6-11(3)17-15/h1,6-10H,5H2,2-3H3. The molecule has 86 valence electrons. The SMILES string of the molecule is C#Cc1ccc(OCC)c(-c2ccc(C)s2)c1. The van der Waals surface area contributed by atoms with E-state index in [2.05, 4.69) is 25.0 Å². The molecule has 0 aliphatic carbocycles. The fourth-order valence-corrected chi connectivity index (χ4v) is 2.56. The quantitative estimate of drug-likeness (QED) is 0.736. The van der Waals surface area contributed by atoms with Crippen molar-refractivity contribution in [2.45, 2.75) is 13.8 Å². The molecule has 0 saturated heterocycles. The fourth-order valence-electron chi connectivity index (χ4n) is 1.67. The lowest BCUT2D eigenvalue weighted by Crippen LogP contribution is -1.93. The van der Waals surface area contributed by atoms with E-state index in [1.165, 1.54) is 9.75 Å². The van der Waals surface area contributed by atoms with Crippen molar-refractivity contribution in [3.63, 3.8) is 0 Å². The van der Waals surface area contributed by atoms with Crippen LogP contribution in [0.1, 0.15) is 17.4 Å². The number of benzene rings is 1. The maximum atomic E-state index is 5.64. The van der Waals surface area contributed by atoms with Crippen LogP contribution in [0, 0.1) is 19.3 Å². The Morgan fingerprint density at radius 2 is 2.12 bits per heavy atom. The van der Waals surface area contributed by atoms with Crippen molar-refractivity contribution in [2.24, 2.45) is 0 Å². The molecule has 0 fully saturated rings. The molecule has 0 spiro atoms. The second-order valence-corrected chi connectivity index (χ2v) is 4.99. The van der Waals surface area contributed by atoms with Gasteiger partial charge in [0.2, 0.25) is 0 Å². The maximum absolute atomic E-state index is 5.64. The van der Waals surface area contributed by atoms with E-state index in [0.29, 0.717) is 6.61 Å². The topological polar surface area (TPSA) is 9.23 Å². The van der Waals surface area contributed by atoms with Crippen molar-refractivity contribution in [3.8, 4) is 28.5 Å². The third kappa shape index (κ3) is 2.51. The summed E-state index contributed by atoms with van der Waals surface area (Å²) in [6, 6.07) is 10.1. The van der Waals surface area contributed by atoms with Crippen molar-refractivity contribution in [1.82, 2.24) is 0 Å². The molecule has 17 heavy (non-hydrogen) atoms. The zero-order valence-corrected chi connectivity index (χ0v) is 10.8. The minimum atomic E-state index is 0.659. The van der Waals surface area contributed by atoms with Crippen LogP contribution >= 0.6 is 11.3 Å². The third-order valence-electron chi connectivity index (χ3n) is 2.45. The van der Waals surface area contributed by atoms with Crippen LogP contribution in [-0.4, -0.2) is 6.61 Å². The predicted molar refractivity (Wildman–Crippen MR) is 73.6 cm³/mol. The first-order valence-corrected chi connectivity index (χ1v) is 6.36. The summed E-state index contributed by atoms with van der Waals surface area (Å²) in [7, 11) is 0. The molecule has 1 aromatic heterocycles. The van der Waals surface area contributed by atoms with Gasteiger partial charge in [-0.3, -0.25) is 0 Å². The highest BCUT2D eigenvalue weighted by molar-refractivity contribution is 7.15. The highest BCUT2D eigenvalue weighted by Crippen LogP contribution is 2.35. The van der Waals surface area contributed by atoms with E-state index in [1.54, 1.807) is 11.3 Å². The Morgan fingerprint density at radius 3 is 2.71 bits per heavy atom. The maximum Gasteiger partial charge on any atom is 0.128 e. The van der Waals surface area contributed by atoms with E-state index in [1.807, 2.05) is 25.1 Å². The van der Waals surface area contributed by atoms with Gasteiger partial charge in [0.25, 0.3) is 0 Å². The molecule has 0 amide bonds. The van der Waals surface area contributed by atoms with E-state index in [4.69, 9.17) is 11.2 Å². The second kappa shape index (κ2) is 5.07. The minimum Gasteiger partial charge on any atom is -0.493 e. The number of ether oxygens (including phenoxy) is 1. The lowest BCUT2D eigenvalue weighted by molar-refractivity contribution is 0.341. The van der Waals surface area contributed by atoms with Crippen LogP contribution in [0.5, 0.6) is 5.75 Å². The van der Waals surface area contributed by atoms with Gasteiger partial charge in [-0.05, 0) is 44.2 Å². The van der Waals surface area contributed by atoms with Gasteiger partial charge in [-0.2, -0.15) is 0 Å². The molecule has 0 bridgehead atoms. The fraction of sp³-hybridized carbons (Fsp3) is 0.200. The molecule has 1 nitrogen and oxygen atoms in total. The van der Waals surface area contributed by atoms with Gasteiger partial charge in [-0.15, -0.1) is 17.8 Å². The first-order valence-electron chi connectivity index (χ1n) is 5.55. The summed E-state index contributed by atoms with van der Waals surface area (Å²) >= 11 is 1.75. The Bertz CT molecular complexity index is 561. The summed E-state index contributed by atoms with van der Waals surface area (Å²) in [5.74, 6) is 3.56. The lowest BCUT2D eigenvalue weighted by Gasteiger charge is -2.09. The smallest absolute Gasteiger partial charge is 0.128 e. The lowest BCUT2D eigenvalue weighted by atomic mass is 10.1. The van der Waals surface area contributed by atoms with Gasteiger partial charge in [-0.1, -0.05) is 5.92 Å².